The molecule has 0 unspecified atom stereocenters. The number of benzene rings is 1. The number of carboxylic acid groups (broad SMARTS) is 1. The van der Waals surface area contributed by atoms with Crippen LogP contribution >= 0.6 is 11.6 Å². The number of rotatable bonds is 2. The van der Waals surface area contributed by atoms with E-state index < -0.39 is 16.8 Å². The number of hydrogen-bond donors (Lipinski definition) is 1. The Labute approximate surface area is 252 Å². The second-order valence-electron chi connectivity index (χ2n) is 16.1. The van der Waals surface area contributed by atoms with Crippen LogP contribution in [0.3, 0.4) is 0 Å². The standard InChI is InChI=1S/C37H49ClO3/c1-22-13-16-37(32(40)41)18-17-35(6)27(30(37)23(22)2)11-12-29-34(5)21-25(19-24-9-8-10-26(38)20-24)31(39)33(3,4)28(34)14-15-36(29,35)7/h8-11,19-20,22-23,28-30H,12-18,21H2,1-7H3,(H,40,41)/b25-19+/t22-,23+,28+,29-,30+,34+,35-,36-,37+/m1/s1. The van der Waals surface area contributed by atoms with Crippen LogP contribution in [-0.4, -0.2) is 16.9 Å². The van der Waals surface area contributed by atoms with E-state index in [4.69, 9.17) is 11.6 Å². The second-order valence-corrected chi connectivity index (χ2v) is 16.5. The average Bonchev–Trinajstić information content (AvgIpc) is 2.89. The Morgan fingerprint density at radius 2 is 1.73 bits per heavy atom. The summed E-state index contributed by atoms with van der Waals surface area (Å²) in [5, 5.41) is 11.4. The van der Waals surface area contributed by atoms with Crippen LogP contribution in [0.1, 0.15) is 105 Å². The third-order valence-corrected chi connectivity index (χ3v) is 14.4. The maximum Gasteiger partial charge on any atom is 0.310 e. The fourth-order valence-electron chi connectivity index (χ4n) is 11.6. The highest BCUT2D eigenvalue weighted by atomic mass is 35.5. The van der Waals surface area contributed by atoms with Gasteiger partial charge < -0.3 is 5.11 Å². The lowest BCUT2D eigenvalue weighted by Gasteiger charge is -2.70. The molecular formula is C37H49ClO3. The van der Waals surface area contributed by atoms with Gasteiger partial charge in [0.15, 0.2) is 5.78 Å². The molecule has 4 heteroatoms. The highest BCUT2D eigenvalue weighted by Crippen LogP contribution is 2.75. The molecule has 222 valence electrons. The molecule has 0 bridgehead atoms. The van der Waals surface area contributed by atoms with Gasteiger partial charge in [0.05, 0.1) is 5.41 Å². The summed E-state index contributed by atoms with van der Waals surface area (Å²) in [5.74, 6) is 1.51. The van der Waals surface area contributed by atoms with Gasteiger partial charge in [0.25, 0.3) is 0 Å². The van der Waals surface area contributed by atoms with Crippen LogP contribution in [0.4, 0.5) is 0 Å². The zero-order valence-electron chi connectivity index (χ0n) is 26.1. The summed E-state index contributed by atoms with van der Waals surface area (Å²) in [5.41, 5.74) is 2.36. The highest BCUT2D eigenvalue weighted by Gasteiger charge is 2.70. The van der Waals surface area contributed by atoms with E-state index in [0.29, 0.717) is 28.7 Å². The molecule has 0 aromatic heterocycles. The Bertz CT molecular complexity index is 1360. The number of hydrogen-bond acceptors (Lipinski definition) is 2. The fraction of sp³-hybridized carbons (Fsp3) is 0.676. The van der Waals surface area contributed by atoms with Crippen LogP contribution < -0.4 is 0 Å². The highest BCUT2D eigenvalue weighted by molar-refractivity contribution is 6.30. The van der Waals surface area contributed by atoms with E-state index in [-0.39, 0.29) is 27.9 Å². The van der Waals surface area contributed by atoms with Crippen molar-refractivity contribution in [3.63, 3.8) is 0 Å². The zero-order valence-corrected chi connectivity index (χ0v) is 26.9. The molecule has 1 aromatic rings. The first-order valence-corrected chi connectivity index (χ1v) is 16.4. The van der Waals surface area contributed by atoms with Crippen molar-refractivity contribution in [2.24, 2.45) is 56.7 Å². The number of carboxylic acids is 1. The Balaban J connectivity index is 1.46. The molecule has 5 aliphatic carbocycles. The topological polar surface area (TPSA) is 54.4 Å². The maximum atomic E-state index is 14.0. The molecule has 0 saturated heterocycles. The Morgan fingerprint density at radius 1 is 1.00 bits per heavy atom. The van der Waals surface area contributed by atoms with E-state index >= 15 is 0 Å². The normalized spacial score (nSPS) is 46.0. The third kappa shape index (κ3) is 3.82. The minimum atomic E-state index is -0.617. The summed E-state index contributed by atoms with van der Waals surface area (Å²) in [6.07, 6.45) is 12.1. The van der Waals surface area contributed by atoms with Crippen molar-refractivity contribution in [3.05, 3.63) is 52.1 Å². The number of allylic oxidation sites excluding steroid dienone is 3. The van der Waals surface area contributed by atoms with Crippen molar-refractivity contribution >= 4 is 29.4 Å². The summed E-state index contributed by atoms with van der Waals surface area (Å²) in [6.45, 7) is 16.5. The lowest BCUT2D eigenvalue weighted by molar-refractivity contribution is -0.185. The third-order valence-electron chi connectivity index (χ3n) is 14.2. The first kappa shape index (κ1) is 29.2. The predicted octanol–water partition coefficient (Wildman–Crippen LogP) is 9.64. The van der Waals surface area contributed by atoms with Gasteiger partial charge in [-0.1, -0.05) is 83.8 Å². The van der Waals surface area contributed by atoms with Crippen molar-refractivity contribution < 1.29 is 14.7 Å². The molecule has 0 heterocycles. The van der Waals surface area contributed by atoms with E-state index in [1.54, 1.807) is 0 Å². The summed E-state index contributed by atoms with van der Waals surface area (Å²) in [6, 6.07) is 7.83. The molecule has 0 aliphatic heterocycles. The number of Topliss-reactive ketones (excluding diaryl/α,β-unsaturated/α-hetero) is 1. The fourth-order valence-corrected chi connectivity index (χ4v) is 11.8. The van der Waals surface area contributed by atoms with Crippen LogP contribution in [0, 0.1) is 56.7 Å². The number of halogens is 1. The van der Waals surface area contributed by atoms with E-state index in [0.717, 1.165) is 62.5 Å². The Kier molecular flexibility index (Phi) is 6.64. The van der Waals surface area contributed by atoms with Crippen molar-refractivity contribution in [2.45, 2.75) is 99.8 Å². The van der Waals surface area contributed by atoms with E-state index in [1.165, 1.54) is 5.57 Å². The lowest BCUT2D eigenvalue weighted by Crippen LogP contribution is -2.65. The van der Waals surface area contributed by atoms with Crippen molar-refractivity contribution in [3.8, 4) is 0 Å². The first-order valence-electron chi connectivity index (χ1n) is 16.1. The smallest absolute Gasteiger partial charge is 0.310 e. The van der Waals surface area contributed by atoms with Gasteiger partial charge in [-0.15, -0.1) is 0 Å². The molecule has 1 aromatic carbocycles. The first-order chi connectivity index (χ1) is 19.1. The molecule has 0 radical (unpaired) electrons. The van der Waals surface area contributed by atoms with Gasteiger partial charge in [0, 0.05) is 10.4 Å². The number of ketones is 1. The lowest BCUT2D eigenvalue weighted by atomic mass is 9.33. The minimum absolute atomic E-state index is 0.0212. The van der Waals surface area contributed by atoms with Crippen LogP contribution in [-0.2, 0) is 9.59 Å². The molecule has 4 saturated carbocycles. The van der Waals surface area contributed by atoms with Crippen LogP contribution in [0.2, 0.25) is 5.02 Å². The van der Waals surface area contributed by atoms with Crippen LogP contribution in [0.5, 0.6) is 0 Å². The zero-order chi connectivity index (χ0) is 29.8. The van der Waals surface area contributed by atoms with Crippen molar-refractivity contribution in [2.75, 3.05) is 0 Å². The van der Waals surface area contributed by atoms with Gasteiger partial charge in [-0.05, 0) is 127 Å². The summed E-state index contributed by atoms with van der Waals surface area (Å²) < 4.78 is 0. The van der Waals surface area contributed by atoms with Gasteiger partial charge in [0.2, 0.25) is 0 Å². The SMILES string of the molecule is C[C@H]1[C@H](C)CC[C@]2(C(=O)O)CC[C@]3(C)C(=CC[C@@H]4[C@@]5(C)C/C(=C\c6cccc(Cl)c6)C(=O)C(C)(C)[C@@H]5CC[C@]43C)[C@H]12. The number of carbonyl (C=O) groups excluding carboxylic acids is 1. The molecule has 1 N–H and O–H groups in total. The molecule has 6 rings (SSSR count). The average molecular weight is 577 g/mol. The Hall–Kier alpha value is -1.87. The second kappa shape index (κ2) is 9.31. The molecule has 0 spiro atoms. The van der Waals surface area contributed by atoms with Gasteiger partial charge in [-0.2, -0.15) is 0 Å². The van der Waals surface area contributed by atoms with Gasteiger partial charge in [-0.3, -0.25) is 9.59 Å². The van der Waals surface area contributed by atoms with Crippen LogP contribution in [0.15, 0.2) is 41.5 Å². The summed E-state index contributed by atoms with van der Waals surface area (Å²) >= 11 is 6.32. The van der Waals surface area contributed by atoms with E-state index in [2.05, 4.69) is 60.6 Å². The predicted molar refractivity (Wildman–Crippen MR) is 166 cm³/mol. The van der Waals surface area contributed by atoms with Gasteiger partial charge in [0.1, 0.15) is 0 Å². The van der Waals surface area contributed by atoms with Gasteiger partial charge >= 0.3 is 5.97 Å². The van der Waals surface area contributed by atoms with E-state index in [9.17, 15) is 14.7 Å². The molecule has 0 amide bonds. The largest absolute Gasteiger partial charge is 0.481 e. The molecule has 41 heavy (non-hydrogen) atoms. The van der Waals surface area contributed by atoms with Crippen molar-refractivity contribution in [1.29, 1.82) is 0 Å². The quantitative estimate of drug-likeness (QED) is 0.281. The maximum absolute atomic E-state index is 14.0. The molecule has 5 aliphatic rings. The monoisotopic (exact) mass is 576 g/mol. The van der Waals surface area contributed by atoms with Crippen molar-refractivity contribution in [1.82, 2.24) is 0 Å². The van der Waals surface area contributed by atoms with Gasteiger partial charge in [-0.25, -0.2) is 0 Å². The number of carbonyl (C=O) groups is 2. The molecule has 4 fully saturated rings. The summed E-state index contributed by atoms with van der Waals surface area (Å²) in [4.78, 5) is 27.0. The number of fused-ring (bicyclic) bond motifs is 7. The Morgan fingerprint density at radius 3 is 2.41 bits per heavy atom. The molecule has 9 atom stereocenters. The molecular weight excluding hydrogens is 528 g/mol. The number of aliphatic carboxylic acids is 1. The van der Waals surface area contributed by atoms with Crippen LogP contribution in [0.25, 0.3) is 6.08 Å². The molecule has 3 nitrogen and oxygen atoms in total. The minimum Gasteiger partial charge on any atom is -0.481 e. The summed E-state index contributed by atoms with van der Waals surface area (Å²) in [7, 11) is 0. The van der Waals surface area contributed by atoms with E-state index in [1.807, 2.05) is 24.3 Å².